The Morgan fingerprint density at radius 2 is 2.00 bits per heavy atom. The first-order chi connectivity index (χ1) is 14.2. The molecule has 7 heteroatoms. The minimum atomic E-state index is -0.359. The molecule has 0 aliphatic carbocycles. The smallest absolute Gasteiger partial charge is 0.274 e. The fraction of sp³-hybridized carbons (Fsp3) is 0.0909. The maximum absolute atomic E-state index is 12.5. The SMILES string of the molecule is N#Cc1cccc(NC(=O)c2cc(NCCc3c[nH]c4ccccc34)ncn2)c1. The maximum atomic E-state index is 12.5. The molecule has 29 heavy (non-hydrogen) atoms. The minimum absolute atomic E-state index is 0.247. The van der Waals surface area contributed by atoms with E-state index >= 15 is 0 Å². The number of nitrogens with zero attached hydrogens (tertiary/aromatic N) is 3. The second-order valence-corrected chi connectivity index (χ2v) is 6.47. The molecule has 2 aromatic heterocycles. The van der Waals surface area contributed by atoms with E-state index in [1.54, 1.807) is 30.3 Å². The summed E-state index contributed by atoms with van der Waals surface area (Å²) in [5.74, 6) is 0.220. The minimum Gasteiger partial charge on any atom is -0.370 e. The van der Waals surface area contributed by atoms with Crippen LogP contribution in [-0.4, -0.2) is 27.4 Å². The normalized spacial score (nSPS) is 10.4. The van der Waals surface area contributed by atoms with Crippen LogP contribution >= 0.6 is 0 Å². The van der Waals surface area contributed by atoms with Gasteiger partial charge >= 0.3 is 0 Å². The Morgan fingerprint density at radius 1 is 1.10 bits per heavy atom. The van der Waals surface area contributed by atoms with Crippen molar-refractivity contribution in [3.8, 4) is 6.07 Å². The molecule has 0 fully saturated rings. The van der Waals surface area contributed by atoms with Gasteiger partial charge in [-0.15, -0.1) is 0 Å². The second-order valence-electron chi connectivity index (χ2n) is 6.47. The summed E-state index contributed by atoms with van der Waals surface area (Å²) in [5, 5.41) is 16.2. The Balaban J connectivity index is 1.39. The van der Waals surface area contributed by atoms with Crippen molar-refractivity contribution in [2.75, 3.05) is 17.2 Å². The van der Waals surface area contributed by atoms with Gasteiger partial charge in [0.05, 0.1) is 11.6 Å². The summed E-state index contributed by atoms with van der Waals surface area (Å²) in [6.45, 7) is 0.671. The number of amides is 1. The summed E-state index contributed by atoms with van der Waals surface area (Å²) < 4.78 is 0. The highest BCUT2D eigenvalue weighted by Gasteiger charge is 2.10. The van der Waals surface area contributed by atoms with Gasteiger partial charge in [-0.3, -0.25) is 4.79 Å². The summed E-state index contributed by atoms with van der Waals surface area (Å²) in [5.41, 5.74) is 3.60. The van der Waals surface area contributed by atoms with E-state index in [0.717, 1.165) is 11.9 Å². The molecule has 0 radical (unpaired) electrons. The van der Waals surface area contributed by atoms with Crippen LogP contribution in [0.1, 0.15) is 21.6 Å². The Morgan fingerprint density at radius 3 is 2.90 bits per heavy atom. The van der Waals surface area contributed by atoms with E-state index in [9.17, 15) is 4.79 Å². The van der Waals surface area contributed by atoms with Crippen LogP contribution in [0.5, 0.6) is 0 Å². The predicted octanol–water partition coefficient (Wildman–Crippen LogP) is 3.74. The summed E-state index contributed by atoms with van der Waals surface area (Å²) in [6, 6.07) is 18.5. The highest BCUT2D eigenvalue weighted by molar-refractivity contribution is 6.03. The van der Waals surface area contributed by atoms with Crippen molar-refractivity contribution in [3.05, 3.63) is 83.9 Å². The maximum Gasteiger partial charge on any atom is 0.274 e. The molecule has 0 bridgehead atoms. The third kappa shape index (κ3) is 4.22. The molecule has 0 atom stereocenters. The molecule has 0 aliphatic rings. The zero-order valence-electron chi connectivity index (χ0n) is 15.5. The summed E-state index contributed by atoms with van der Waals surface area (Å²) in [4.78, 5) is 24.0. The van der Waals surface area contributed by atoms with E-state index in [2.05, 4.69) is 31.7 Å². The topological polar surface area (TPSA) is 106 Å². The molecular weight excluding hydrogens is 364 g/mol. The van der Waals surface area contributed by atoms with Crippen LogP contribution in [0.15, 0.2) is 67.1 Å². The van der Waals surface area contributed by atoms with Crippen molar-refractivity contribution in [1.29, 1.82) is 5.26 Å². The monoisotopic (exact) mass is 382 g/mol. The third-order valence-electron chi connectivity index (χ3n) is 4.52. The predicted molar refractivity (Wildman–Crippen MR) is 112 cm³/mol. The van der Waals surface area contributed by atoms with Crippen molar-refractivity contribution in [3.63, 3.8) is 0 Å². The average Bonchev–Trinajstić information content (AvgIpc) is 3.17. The zero-order valence-corrected chi connectivity index (χ0v) is 15.5. The number of carbonyl (C=O) groups excluding carboxylic acids is 1. The Labute approximate surface area is 167 Å². The molecule has 0 unspecified atom stereocenters. The molecule has 0 spiro atoms. The average molecular weight is 382 g/mol. The molecule has 3 N–H and O–H groups in total. The first-order valence-corrected chi connectivity index (χ1v) is 9.15. The van der Waals surface area contributed by atoms with Gasteiger partial charge in [-0.1, -0.05) is 24.3 Å². The van der Waals surface area contributed by atoms with Crippen LogP contribution in [-0.2, 0) is 6.42 Å². The number of hydrogen-bond acceptors (Lipinski definition) is 5. The molecule has 2 heterocycles. The van der Waals surface area contributed by atoms with Gasteiger partial charge in [-0.25, -0.2) is 9.97 Å². The number of rotatable bonds is 6. The van der Waals surface area contributed by atoms with E-state index in [1.165, 1.54) is 17.3 Å². The molecular formula is C22H18N6O. The molecule has 0 saturated carbocycles. The number of benzene rings is 2. The lowest BCUT2D eigenvalue weighted by molar-refractivity contribution is 0.102. The number of aromatic nitrogens is 3. The van der Waals surface area contributed by atoms with E-state index in [1.807, 2.05) is 30.5 Å². The van der Waals surface area contributed by atoms with Crippen molar-refractivity contribution >= 4 is 28.3 Å². The van der Waals surface area contributed by atoms with Gasteiger partial charge in [0, 0.05) is 35.4 Å². The quantitative estimate of drug-likeness (QED) is 0.471. The fourth-order valence-corrected chi connectivity index (χ4v) is 3.10. The molecule has 0 saturated heterocycles. The molecule has 7 nitrogen and oxygen atoms in total. The number of carbonyl (C=O) groups is 1. The van der Waals surface area contributed by atoms with Gasteiger partial charge in [0.25, 0.3) is 5.91 Å². The van der Waals surface area contributed by atoms with Crippen LogP contribution in [0.4, 0.5) is 11.5 Å². The lowest BCUT2D eigenvalue weighted by atomic mass is 10.1. The van der Waals surface area contributed by atoms with Gasteiger partial charge in [0.15, 0.2) is 0 Å². The molecule has 4 rings (SSSR count). The lowest BCUT2D eigenvalue weighted by Crippen LogP contribution is -2.15. The number of H-pyrrole nitrogens is 1. The Hall–Kier alpha value is -4.18. The van der Waals surface area contributed by atoms with Gasteiger partial charge in [0.1, 0.15) is 17.8 Å². The van der Waals surface area contributed by atoms with Gasteiger partial charge in [-0.2, -0.15) is 5.26 Å². The Kier molecular flexibility index (Phi) is 5.16. The van der Waals surface area contributed by atoms with Crippen molar-refractivity contribution < 1.29 is 4.79 Å². The molecule has 1 amide bonds. The summed E-state index contributed by atoms with van der Waals surface area (Å²) >= 11 is 0. The first kappa shape index (κ1) is 18.2. The zero-order chi connectivity index (χ0) is 20.1. The van der Waals surface area contributed by atoms with Crippen LogP contribution in [0.3, 0.4) is 0 Å². The van der Waals surface area contributed by atoms with Crippen LogP contribution in [0.2, 0.25) is 0 Å². The first-order valence-electron chi connectivity index (χ1n) is 9.15. The lowest BCUT2D eigenvalue weighted by Gasteiger charge is -2.08. The molecule has 2 aromatic carbocycles. The second kappa shape index (κ2) is 8.23. The van der Waals surface area contributed by atoms with Crippen LogP contribution in [0.25, 0.3) is 10.9 Å². The number of fused-ring (bicyclic) bond motifs is 1. The number of nitriles is 1. The summed E-state index contributed by atoms with van der Waals surface area (Å²) in [7, 11) is 0. The van der Waals surface area contributed by atoms with Crippen molar-refractivity contribution in [1.82, 2.24) is 15.0 Å². The van der Waals surface area contributed by atoms with E-state index in [4.69, 9.17) is 5.26 Å². The fourth-order valence-electron chi connectivity index (χ4n) is 3.10. The van der Waals surface area contributed by atoms with Crippen LogP contribution in [0, 0.1) is 11.3 Å². The number of anilines is 2. The van der Waals surface area contributed by atoms with E-state index in [-0.39, 0.29) is 11.6 Å². The van der Waals surface area contributed by atoms with Crippen molar-refractivity contribution in [2.45, 2.75) is 6.42 Å². The van der Waals surface area contributed by atoms with E-state index in [0.29, 0.717) is 23.6 Å². The summed E-state index contributed by atoms with van der Waals surface area (Å²) in [6.07, 6.45) is 4.19. The number of hydrogen-bond donors (Lipinski definition) is 3. The standard InChI is InChI=1S/C22H18N6O/c23-12-15-4-3-5-17(10-15)28-22(29)20-11-21(27-14-26-20)24-9-8-16-13-25-19-7-2-1-6-18(16)19/h1-7,10-11,13-14,25H,8-9H2,(H,28,29)(H,24,26,27). The van der Waals surface area contributed by atoms with Gasteiger partial charge in [-0.05, 0) is 36.2 Å². The number of para-hydroxylation sites is 1. The highest BCUT2D eigenvalue weighted by atomic mass is 16.1. The number of nitrogens with one attached hydrogen (secondary N) is 3. The molecule has 142 valence electrons. The third-order valence-corrected chi connectivity index (χ3v) is 4.52. The molecule has 4 aromatic rings. The number of aromatic amines is 1. The van der Waals surface area contributed by atoms with E-state index < -0.39 is 0 Å². The van der Waals surface area contributed by atoms with Crippen LogP contribution < -0.4 is 10.6 Å². The van der Waals surface area contributed by atoms with Crippen molar-refractivity contribution in [2.24, 2.45) is 0 Å². The largest absolute Gasteiger partial charge is 0.370 e. The van der Waals surface area contributed by atoms with Gasteiger partial charge in [0.2, 0.25) is 0 Å². The Bertz CT molecular complexity index is 1210. The highest BCUT2D eigenvalue weighted by Crippen LogP contribution is 2.18. The molecule has 0 aliphatic heterocycles. The van der Waals surface area contributed by atoms with Gasteiger partial charge < -0.3 is 15.6 Å².